The molecule has 4 radical (unpaired) electrons. The topological polar surface area (TPSA) is 298 Å². The summed E-state index contributed by atoms with van der Waals surface area (Å²) in [6.07, 6.45) is 29.4. The molecule has 0 saturated carbocycles. The van der Waals surface area contributed by atoms with Crippen LogP contribution in [0, 0.1) is 45.9 Å². The average Bonchev–Trinajstić information content (AvgIpc) is 3.41. The van der Waals surface area contributed by atoms with Crippen LogP contribution in [0.15, 0.2) is 173 Å². The van der Waals surface area contributed by atoms with E-state index in [0.717, 1.165) is 45.0 Å². The molecule has 0 fully saturated rings. The maximum absolute atomic E-state index is 6.89. The first-order chi connectivity index (χ1) is 33.6. The molecule has 0 amide bonds. The molecule has 0 aliphatic carbocycles. The van der Waals surface area contributed by atoms with Gasteiger partial charge in [-0.3, -0.25) is 9.97 Å². The Kier molecular flexibility index (Phi) is 33.1. The minimum absolute atomic E-state index is 0. The summed E-state index contributed by atoms with van der Waals surface area (Å²) >= 11 is 0. The van der Waals surface area contributed by atoms with Gasteiger partial charge in [-0.2, -0.15) is 60.7 Å². The molecular formula is C48H40Ir4N20-4. The van der Waals surface area contributed by atoms with Crippen LogP contribution in [0.1, 0.15) is 0 Å². The summed E-state index contributed by atoms with van der Waals surface area (Å²) < 4.78 is 0. The van der Waals surface area contributed by atoms with E-state index < -0.39 is 0 Å². The third-order valence-electron chi connectivity index (χ3n) is 7.95. The first kappa shape index (κ1) is 62.4. The van der Waals surface area contributed by atoms with Crippen molar-refractivity contribution in [3.63, 3.8) is 0 Å². The van der Waals surface area contributed by atoms with E-state index in [0.29, 0.717) is 23.3 Å². The van der Waals surface area contributed by atoms with Crippen molar-refractivity contribution in [1.82, 2.24) is 59.8 Å². The molecule has 4 aromatic heterocycles. The number of allylic oxidation sites excluding steroid dienone is 4. The molecule has 0 spiro atoms. The van der Waals surface area contributed by atoms with Gasteiger partial charge < -0.3 is 42.9 Å². The van der Waals surface area contributed by atoms with Crippen LogP contribution in [0.25, 0.3) is 45.6 Å². The molecule has 0 saturated heterocycles. The van der Waals surface area contributed by atoms with Crippen molar-refractivity contribution in [2.75, 3.05) is 21.3 Å². The smallest absolute Gasteiger partial charge is 0.138 e. The maximum atomic E-state index is 6.89. The molecule has 372 valence electrons. The van der Waals surface area contributed by atoms with E-state index in [1.165, 1.54) is 75.5 Å². The van der Waals surface area contributed by atoms with Crippen molar-refractivity contribution in [1.29, 1.82) is 21.6 Å². The number of nitrogens with one attached hydrogen (secondary N) is 8. The third-order valence-corrected chi connectivity index (χ3v) is 7.95. The van der Waals surface area contributed by atoms with E-state index in [4.69, 9.17) is 21.6 Å². The summed E-state index contributed by atoms with van der Waals surface area (Å²) in [7, 11) is 0. The van der Waals surface area contributed by atoms with Gasteiger partial charge in [0.25, 0.3) is 0 Å². The van der Waals surface area contributed by atoms with Crippen molar-refractivity contribution >= 4 is 47.6 Å². The number of rotatable bonds is 16. The molecule has 72 heavy (non-hydrogen) atoms. The quantitative estimate of drug-likeness (QED) is 0.0340. The molecule has 8 N–H and O–H groups in total. The second kappa shape index (κ2) is 38.2. The van der Waals surface area contributed by atoms with Gasteiger partial charge in [-0.25, -0.2) is 49.8 Å². The summed E-state index contributed by atoms with van der Waals surface area (Å²) in [5, 5.41) is 39.4. The SMILES string of the molecule is N=C/C=C\Nc1[c-]c(-c2ncncn2)ccc1.N=C/C=C\Nc1[c-]cc(-c2ncncn2)cc1.N=C/C=C\Nc1[c-]ccc(-c2ncncn2)c1.N=C/C=C\Nc1[c-]cccc1-c1ncncn1.[Ir].[Ir].[Ir].[Ir]. The van der Waals surface area contributed by atoms with Crippen molar-refractivity contribution in [2.45, 2.75) is 0 Å². The molecule has 0 bridgehead atoms. The predicted octanol–water partition coefficient (Wildman–Crippen LogP) is 7.65. The Balaban J connectivity index is 0.000000471. The van der Waals surface area contributed by atoms with Gasteiger partial charge in [0.05, 0.1) is 5.82 Å². The zero-order valence-electron chi connectivity index (χ0n) is 37.2. The van der Waals surface area contributed by atoms with Gasteiger partial charge in [-0.1, -0.05) is 33.8 Å². The van der Waals surface area contributed by atoms with Gasteiger partial charge in [-0.05, 0) is 30.0 Å². The zero-order chi connectivity index (χ0) is 47.7. The van der Waals surface area contributed by atoms with Crippen LogP contribution in [0.5, 0.6) is 0 Å². The molecule has 8 rings (SSSR count). The Morgan fingerprint density at radius 3 is 1.42 bits per heavy atom. The van der Waals surface area contributed by atoms with Gasteiger partial charge >= 0.3 is 0 Å². The second-order valence-corrected chi connectivity index (χ2v) is 12.4. The van der Waals surface area contributed by atoms with Crippen LogP contribution in [0.4, 0.5) is 22.7 Å². The monoisotopic (exact) mass is 1670 g/mol. The van der Waals surface area contributed by atoms with E-state index in [2.05, 4.69) is 105 Å². The molecular weight excluding hydrogens is 1630 g/mol. The number of anilines is 4. The first-order valence-corrected chi connectivity index (χ1v) is 19.9. The molecule has 4 heterocycles. The minimum Gasteiger partial charge on any atom is -0.384 e. The number of hydrogen-bond acceptors (Lipinski definition) is 20. The fourth-order valence-corrected chi connectivity index (χ4v) is 5.04. The Morgan fingerprint density at radius 1 is 0.403 bits per heavy atom. The Labute approximate surface area is 469 Å². The van der Waals surface area contributed by atoms with Gasteiger partial charge in [0.15, 0.2) is 0 Å². The predicted molar refractivity (Wildman–Crippen MR) is 263 cm³/mol. The van der Waals surface area contributed by atoms with Gasteiger partial charge in [0.1, 0.15) is 68.1 Å². The summed E-state index contributed by atoms with van der Waals surface area (Å²) in [5.41, 5.74) is 6.57. The largest absolute Gasteiger partial charge is 0.384 e. The van der Waals surface area contributed by atoms with Crippen molar-refractivity contribution < 1.29 is 80.4 Å². The molecule has 4 aromatic carbocycles. The van der Waals surface area contributed by atoms with Crippen LogP contribution < -0.4 is 21.3 Å². The summed E-state index contributed by atoms with van der Waals surface area (Å²) in [6.45, 7) is 0. The van der Waals surface area contributed by atoms with E-state index in [1.807, 2.05) is 54.6 Å². The summed E-state index contributed by atoms with van der Waals surface area (Å²) in [4.78, 5) is 47.6. The van der Waals surface area contributed by atoms with E-state index in [1.54, 1.807) is 67.3 Å². The molecule has 8 aromatic rings. The van der Waals surface area contributed by atoms with Gasteiger partial charge in [0.2, 0.25) is 0 Å². The van der Waals surface area contributed by atoms with Crippen LogP contribution >= 0.6 is 0 Å². The van der Waals surface area contributed by atoms with Crippen LogP contribution in [-0.4, -0.2) is 84.7 Å². The molecule has 0 unspecified atom stereocenters. The second-order valence-electron chi connectivity index (χ2n) is 12.4. The van der Waals surface area contributed by atoms with Gasteiger partial charge in [-0.15, -0.1) is 42.0 Å². The number of benzene rings is 4. The number of hydrogen-bond donors (Lipinski definition) is 8. The Bertz CT molecular complexity index is 2780. The first-order valence-electron chi connectivity index (χ1n) is 19.9. The zero-order valence-corrected chi connectivity index (χ0v) is 46.8. The average molecular weight is 1670 g/mol. The number of para-hydroxylation sites is 1. The third kappa shape index (κ3) is 22.9. The Hall–Kier alpha value is -7.64. The standard InChI is InChI=1S/4C12H10N5.4Ir/c13-6-1-7-15-11-4-2-10(3-5-11)12-16-8-14-9-17-12;2*13-5-2-6-15-11-4-1-3-10(7-11)12-16-8-14-9-17-12;13-6-3-7-15-11-5-2-1-4-10(11)12-16-8-14-9-17-12;;;;/h1-4,6-9,13,15H;1-3,5-9,13,15H;1-6,8-9,13,15H;1-4,6-9,13,15H;;;;/q4*-1;;;;/b7-1-,13-6?;2*6-2-,13-5?;7-3-,13-6?;;;;. The van der Waals surface area contributed by atoms with Crippen molar-refractivity contribution in [3.05, 3.63) is 197 Å². The fraction of sp³-hybridized carbons (Fsp3) is 0. The van der Waals surface area contributed by atoms with Crippen LogP contribution in [0.3, 0.4) is 0 Å². The number of aromatic nitrogens is 12. The maximum Gasteiger partial charge on any atom is 0.138 e. The van der Waals surface area contributed by atoms with E-state index in [9.17, 15) is 0 Å². The molecule has 24 heteroatoms. The van der Waals surface area contributed by atoms with E-state index >= 15 is 0 Å². The molecule has 0 aliphatic heterocycles. The minimum atomic E-state index is 0. The number of nitrogens with zero attached hydrogens (tertiary/aromatic N) is 12. The molecule has 0 aliphatic rings. The van der Waals surface area contributed by atoms with Gasteiger partial charge in [0, 0.05) is 130 Å². The fourth-order valence-electron chi connectivity index (χ4n) is 5.04. The van der Waals surface area contributed by atoms with Crippen LogP contribution in [-0.2, 0) is 80.4 Å². The normalized spacial score (nSPS) is 9.78. The molecule has 20 nitrogen and oxygen atoms in total. The summed E-state index contributed by atoms with van der Waals surface area (Å²) in [5.74, 6) is 2.41. The Morgan fingerprint density at radius 2 is 0.889 bits per heavy atom. The van der Waals surface area contributed by atoms with Crippen molar-refractivity contribution in [3.8, 4) is 45.6 Å². The molecule has 0 atom stereocenters. The van der Waals surface area contributed by atoms with E-state index in [-0.39, 0.29) is 80.4 Å². The summed E-state index contributed by atoms with van der Waals surface area (Å²) in [6, 6.07) is 34.6. The van der Waals surface area contributed by atoms with Crippen LogP contribution in [0.2, 0.25) is 0 Å². The van der Waals surface area contributed by atoms with Crippen molar-refractivity contribution in [2.24, 2.45) is 0 Å².